The van der Waals surface area contributed by atoms with Crippen molar-refractivity contribution in [3.05, 3.63) is 27.7 Å². The Hall–Kier alpha value is -1.46. The summed E-state index contributed by atoms with van der Waals surface area (Å²) >= 11 is 11.6. The van der Waals surface area contributed by atoms with Crippen molar-refractivity contribution in [1.82, 2.24) is 0 Å². The highest BCUT2D eigenvalue weighted by molar-refractivity contribution is 6.39. The molecule has 0 aliphatic rings. The number of benzene rings is 1. The average molecular weight is 306 g/mol. The van der Waals surface area contributed by atoms with Crippen LogP contribution in [0.5, 0.6) is 0 Å². The first-order valence-corrected chi connectivity index (χ1v) is 6.08. The van der Waals surface area contributed by atoms with Gasteiger partial charge >= 0.3 is 12.1 Å². The maximum Gasteiger partial charge on any atom is 0.412 e. The number of carbonyl (C=O) groups excluding carboxylic acids is 1. The van der Waals surface area contributed by atoms with Crippen LogP contribution in [0.15, 0.2) is 12.1 Å². The average Bonchev–Trinajstić information content (AvgIpc) is 2.10. The van der Waals surface area contributed by atoms with E-state index in [1.54, 1.807) is 20.8 Å². The zero-order valence-electron chi connectivity index (χ0n) is 10.6. The van der Waals surface area contributed by atoms with Crippen LogP contribution < -0.4 is 5.32 Å². The molecular weight excluding hydrogens is 293 g/mol. The van der Waals surface area contributed by atoms with Crippen molar-refractivity contribution >= 4 is 41.0 Å². The number of halogens is 2. The third-order valence-corrected chi connectivity index (χ3v) is 2.50. The maximum absolute atomic E-state index is 11.5. The van der Waals surface area contributed by atoms with Gasteiger partial charge in [-0.3, -0.25) is 5.32 Å². The van der Waals surface area contributed by atoms with Gasteiger partial charge in [-0.2, -0.15) is 0 Å². The molecule has 0 aliphatic carbocycles. The SMILES string of the molecule is CC(C)(C)OC(=O)Nc1cc(Cl)c(C(=O)O)c(Cl)c1. The Labute approximate surface area is 120 Å². The number of carbonyl (C=O) groups is 2. The summed E-state index contributed by atoms with van der Waals surface area (Å²) in [5.74, 6) is -1.24. The minimum atomic E-state index is -1.24. The number of anilines is 1. The van der Waals surface area contributed by atoms with E-state index in [2.05, 4.69) is 5.32 Å². The summed E-state index contributed by atoms with van der Waals surface area (Å²) in [5.41, 5.74) is -0.592. The summed E-state index contributed by atoms with van der Waals surface area (Å²) in [6.07, 6.45) is -0.678. The van der Waals surface area contributed by atoms with Crippen LogP contribution in [-0.2, 0) is 4.74 Å². The number of ether oxygens (including phenoxy) is 1. The van der Waals surface area contributed by atoms with Crippen LogP contribution in [0.1, 0.15) is 31.1 Å². The van der Waals surface area contributed by atoms with Crippen molar-refractivity contribution in [2.24, 2.45) is 0 Å². The monoisotopic (exact) mass is 305 g/mol. The van der Waals surface area contributed by atoms with Crippen LogP contribution in [-0.4, -0.2) is 22.8 Å². The second kappa shape index (κ2) is 5.67. The van der Waals surface area contributed by atoms with Crippen molar-refractivity contribution in [2.75, 3.05) is 5.32 Å². The highest BCUT2D eigenvalue weighted by Crippen LogP contribution is 2.29. The van der Waals surface area contributed by atoms with Crippen LogP contribution in [0.2, 0.25) is 10.0 Å². The van der Waals surface area contributed by atoms with E-state index in [0.717, 1.165) is 0 Å². The number of amides is 1. The van der Waals surface area contributed by atoms with Gasteiger partial charge in [0, 0.05) is 5.69 Å². The molecule has 2 N–H and O–H groups in total. The van der Waals surface area contributed by atoms with E-state index in [4.69, 9.17) is 33.0 Å². The van der Waals surface area contributed by atoms with Crippen LogP contribution in [0.4, 0.5) is 10.5 Å². The van der Waals surface area contributed by atoms with Crippen molar-refractivity contribution in [2.45, 2.75) is 26.4 Å². The molecule has 7 heteroatoms. The molecule has 1 aromatic rings. The highest BCUT2D eigenvalue weighted by Gasteiger charge is 2.19. The number of hydrogen-bond acceptors (Lipinski definition) is 3. The topological polar surface area (TPSA) is 75.6 Å². The van der Waals surface area contributed by atoms with Gasteiger partial charge in [0.15, 0.2) is 0 Å². The number of nitrogens with one attached hydrogen (secondary N) is 1. The first kappa shape index (κ1) is 15.6. The molecule has 0 aromatic heterocycles. The van der Waals surface area contributed by atoms with Crippen molar-refractivity contribution in [1.29, 1.82) is 0 Å². The van der Waals surface area contributed by atoms with Crippen molar-refractivity contribution < 1.29 is 19.4 Å². The van der Waals surface area contributed by atoms with E-state index < -0.39 is 17.7 Å². The molecular formula is C12H13Cl2NO4. The van der Waals surface area contributed by atoms with Crippen LogP contribution >= 0.6 is 23.2 Å². The van der Waals surface area contributed by atoms with Gasteiger partial charge in [-0.25, -0.2) is 9.59 Å². The number of rotatable bonds is 2. The molecule has 0 bridgehead atoms. The normalized spacial score (nSPS) is 11.0. The molecule has 1 aromatic carbocycles. The predicted octanol–water partition coefficient (Wildman–Crippen LogP) is 4.04. The third-order valence-electron chi connectivity index (χ3n) is 1.90. The molecule has 0 heterocycles. The van der Waals surface area contributed by atoms with E-state index in [1.807, 2.05) is 0 Å². The van der Waals surface area contributed by atoms with E-state index in [1.165, 1.54) is 12.1 Å². The Morgan fingerprint density at radius 2 is 1.68 bits per heavy atom. The fourth-order valence-electron chi connectivity index (χ4n) is 1.27. The molecule has 1 rings (SSSR count). The van der Waals surface area contributed by atoms with Gasteiger partial charge in [0.2, 0.25) is 0 Å². The summed E-state index contributed by atoms with van der Waals surface area (Å²) in [7, 11) is 0. The molecule has 0 saturated carbocycles. The highest BCUT2D eigenvalue weighted by atomic mass is 35.5. The molecule has 5 nitrogen and oxygen atoms in total. The zero-order valence-corrected chi connectivity index (χ0v) is 12.1. The number of carboxylic acid groups (broad SMARTS) is 1. The van der Waals surface area contributed by atoms with Crippen LogP contribution in [0.25, 0.3) is 0 Å². The first-order chi connectivity index (χ1) is 8.60. The van der Waals surface area contributed by atoms with Crippen LogP contribution in [0, 0.1) is 0 Å². The Bertz CT molecular complexity index is 500. The molecule has 104 valence electrons. The van der Waals surface area contributed by atoms with Gasteiger partial charge < -0.3 is 9.84 Å². The van der Waals surface area contributed by atoms with E-state index in [-0.39, 0.29) is 21.3 Å². The second-order valence-electron chi connectivity index (χ2n) is 4.75. The number of hydrogen-bond donors (Lipinski definition) is 2. The van der Waals surface area contributed by atoms with Gasteiger partial charge in [-0.1, -0.05) is 23.2 Å². The second-order valence-corrected chi connectivity index (χ2v) is 5.56. The molecule has 19 heavy (non-hydrogen) atoms. The summed E-state index contributed by atoms with van der Waals surface area (Å²) in [6.45, 7) is 5.17. The lowest BCUT2D eigenvalue weighted by molar-refractivity contribution is 0.0634. The summed E-state index contributed by atoms with van der Waals surface area (Å²) in [6, 6.07) is 2.58. The van der Waals surface area contributed by atoms with Crippen molar-refractivity contribution in [3.63, 3.8) is 0 Å². The van der Waals surface area contributed by atoms with E-state index >= 15 is 0 Å². The first-order valence-electron chi connectivity index (χ1n) is 5.32. The fourth-order valence-corrected chi connectivity index (χ4v) is 1.92. The van der Waals surface area contributed by atoms with E-state index in [0.29, 0.717) is 0 Å². The zero-order chi connectivity index (χ0) is 14.8. The smallest absolute Gasteiger partial charge is 0.412 e. The molecule has 0 atom stereocenters. The van der Waals surface area contributed by atoms with Gasteiger partial charge in [0.25, 0.3) is 0 Å². The van der Waals surface area contributed by atoms with Gasteiger partial charge in [0.1, 0.15) is 5.60 Å². The number of carboxylic acids is 1. The summed E-state index contributed by atoms with van der Waals surface area (Å²) in [4.78, 5) is 22.4. The minimum Gasteiger partial charge on any atom is -0.478 e. The molecule has 0 aliphatic heterocycles. The Balaban J connectivity index is 2.93. The molecule has 0 spiro atoms. The lowest BCUT2D eigenvalue weighted by Crippen LogP contribution is -2.27. The largest absolute Gasteiger partial charge is 0.478 e. The van der Waals surface area contributed by atoms with Gasteiger partial charge in [-0.15, -0.1) is 0 Å². The van der Waals surface area contributed by atoms with Crippen molar-refractivity contribution in [3.8, 4) is 0 Å². The summed E-state index contributed by atoms with van der Waals surface area (Å²) in [5, 5.41) is 11.2. The minimum absolute atomic E-state index is 0.0638. The van der Waals surface area contributed by atoms with E-state index in [9.17, 15) is 9.59 Å². The van der Waals surface area contributed by atoms with Gasteiger partial charge in [0.05, 0.1) is 15.6 Å². The summed E-state index contributed by atoms with van der Waals surface area (Å²) < 4.78 is 5.05. The Kier molecular flexibility index (Phi) is 4.66. The number of aromatic carboxylic acids is 1. The molecule has 1 amide bonds. The maximum atomic E-state index is 11.5. The lowest BCUT2D eigenvalue weighted by Gasteiger charge is -2.19. The molecule has 0 fully saturated rings. The molecule has 0 unspecified atom stereocenters. The third kappa shape index (κ3) is 4.61. The lowest BCUT2D eigenvalue weighted by atomic mass is 10.2. The molecule has 0 radical (unpaired) electrons. The predicted molar refractivity (Wildman–Crippen MR) is 73.3 cm³/mol. The standard InChI is InChI=1S/C12H13Cl2NO4/c1-12(2,3)19-11(18)15-6-4-7(13)9(10(16)17)8(14)5-6/h4-5H,1-3H3,(H,15,18)(H,16,17). The Morgan fingerprint density at radius 3 is 2.05 bits per heavy atom. The Morgan fingerprint density at radius 1 is 1.21 bits per heavy atom. The van der Waals surface area contributed by atoms with Crippen LogP contribution in [0.3, 0.4) is 0 Å². The fraction of sp³-hybridized carbons (Fsp3) is 0.333. The molecule has 0 saturated heterocycles. The quantitative estimate of drug-likeness (QED) is 0.864. The van der Waals surface area contributed by atoms with Gasteiger partial charge in [-0.05, 0) is 32.9 Å².